The third kappa shape index (κ3) is 2.30. The van der Waals surface area contributed by atoms with Gasteiger partial charge >= 0.3 is 0 Å². The standard InChI is InChI=1S/C15H12FNO3/c16-10-3-6-14-12(7-10)13(8-20-14)17-15(19)9-1-4-11(18)5-2-9/h1-7,13,18H,8H2,(H,17,19). The number of hydrogen-bond donors (Lipinski definition) is 2. The third-order valence-electron chi connectivity index (χ3n) is 3.19. The fourth-order valence-electron chi connectivity index (χ4n) is 2.16. The van der Waals surface area contributed by atoms with Crippen molar-refractivity contribution >= 4 is 5.91 Å². The molecule has 1 aliphatic rings. The minimum atomic E-state index is -0.373. The number of phenols is 1. The van der Waals surface area contributed by atoms with Crippen LogP contribution in [0.15, 0.2) is 42.5 Å². The summed E-state index contributed by atoms with van der Waals surface area (Å²) in [7, 11) is 0. The summed E-state index contributed by atoms with van der Waals surface area (Å²) in [6.45, 7) is 0.280. The number of carbonyl (C=O) groups is 1. The lowest BCUT2D eigenvalue weighted by Gasteiger charge is -2.11. The van der Waals surface area contributed by atoms with Gasteiger partial charge in [-0.3, -0.25) is 4.79 Å². The molecule has 0 fully saturated rings. The average molecular weight is 273 g/mol. The van der Waals surface area contributed by atoms with E-state index in [0.717, 1.165) is 0 Å². The summed E-state index contributed by atoms with van der Waals surface area (Å²) < 4.78 is 18.6. The molecule has 2 aromatic carbocycles. The van der Waals surface area contributed by atoms with Crippen molar-refractivity contribution in [3.8, 4) is 11.5 Å². The highest BCUT2D eigenvalue weighted by Crippen LogP contribution is 2.32. The molecule has 20 heavy (non-hydrogen) atoms. The zero-order valence-electron chi connectivity index (χ0n) is 10.5. The molecule has 0 bridgehead atoms. The number of hydrogen-bond acceptors (Lipinski definition) is 3. The van der Waals surface area contributed by atoms with Crippen molar-refractivity contribution < 1.29 is 19.0 Å². The van der Waals surface area contributed by atoms with Crippen LogP contribution in [0, 0.1) is 5.82 Å². The molecule has 0 saturated heterocycles. The Balaban J connectivity index is 1.78. The van der Waals surface area contributed by atoms with Crippen molar-refractivity contribution in [1.29, 1.82) is 0 Å². The van der Waals surface area contributed by atoms with Gasteiger partial charge < -0.3 is 15.2 Å². The Kier molecular flexibility index (Phi) is 3.02. The van der Waals surface area contributed by atoms with E-state index < -0.39 is 0 Å². The molecule has 0 spiro atoms. The van der Waals surface area contributed by atoms with Crippen molar-refractivity contribution in [3.05, 3.63) is 59.4 Å². The van der Waals surface area contributed by atoms with Crippen LogP contribution < -0.4 is 10.1 Å². The van der Waals surface area contributed by atoms with Crippen molar-refractivity contribution in [1.82, 2.24) is 5.32 Å². The molecule has 1 aliphatic heterocycles. The summed E-state index contributed by atoms with van der Waals surface area (Å²) in [4.78, 5) is 12.1. The predicted molar refractivity (Wildman–Crippen MR) is 70.2 cm³/mol. The normalized spacial score (nSPS) is 16.4. The lowest BCUT2D eigenvalue weighted by molar-refractivity contribution is 0.0930. The minimum absolute atomic E-state index is 0.0955. The van der Waals surface area contributed by atoms with Gasteiger partial charge in [0.15, 0.2) is 0 Å². The number of fused-ring (bicyclic) bond motifs is 1. The molecule has 0 saturated carbocycles. The van der Waals surface area contributed by atoms with Crippen molar-refractivity contribution in [3.63, 3.8) is 0 Å². The number of halogens is 1. The van der Waals surface area contributed by atoms with E-state index >= 15 is 0 Å². The lowest BCUT2D eigenvalue weighted by atomic mass is 10.1. The topological polar surface area (TPSA) is 58.6 Å². The fraction of sp³-hybridized carbons (Fsp3) is 0.133. The van der Waals surface area contributed by atoms with Gasteiger partial charge in [-0.2, -0.15) is 0 Å². The van der Waals surface area contributed by atoms with E-state index in [4.69, 9.17) is 4.74 Å². The van der Waals surface area contributed by atoms with Gasteiger partial charge in [-0.1, -0.05) is 0 Å². The smallest absolute Gasteiger partial charge is 0.251 e. The van der Waals surface area contributed by atoms with E-state index in [-0.39, 0.29) is 30.1 Å². The minimum Gasteiger partial charge on any atom is -0.508 e. The highest BCUT2D eigenvalue weighted by atomic mass is 19.1. The van der Waals surface area contributed by atoms with Gasteiger partial charge in [0.1, 0.15) is 23.9 Å². The monoisotopic (exact) mass is 273 g/mol. The number of aromatic hydroxyl groups is 1. The van der Waals surface area contributed by atoms with E-state index in [1.807, 2.05) is 0 Å². The molecule has 4 nitrogen and oxygen atoms in total. The summed E-state index contributed by atoms with van der Waals surface area (Å²) >= 11 is 0. The second-order valence-electron chi connectivity index (χ2n) is 4.57. The molecule has 1 unspecified atom stereocenters. The first-order valence-electron chi connectivity index (χ1n) is 6.15. The van der Waals surface area contributed by atoms with Crippen molar-refractivity contribution in [2.45, 2.75) is 6.04 Å². The van der Waals surface area contributed by atoms with Crippen LogP contribution in [0.25, 0.3) is 0 Å². The summed E-state index contributed by atoms with van der Waals surface area (Å²) in [6.07, 6.45) is 0. The van der Waals surface area contributed by atoms with Gasteiger partial charge in [0.25, 0.3) is 5.91 Å². The zero-order chi connectivity index (χ0) is 14.1. The number of benzene rings is 2. The van der Waals surface area contributed by atoms with Crippen molar-refractivity contribution in [2.75, 3.05) is 6.61 Å². The van der Waals surface area contributed by atoms with E-state index in [1.165, 1.54) is 36.4 Å². The molecular formula is C15H12FNO3. The van der Waals surface area contributed by atoms with Gasteiger partial charge in [-0.25, -0.2) is 4.39 Å². The molecule has 102 valence electrons. The van der Waals surface area contributed by atoms with Crippen LogP contribution in [-0.4, -0.2) is 17.6 Å². The maximum absolute atomic E-state index is 13.2. The van der Waals surface area contributed by atoms with Gasteiger partial charge in [-0.05, 0) is 42.5 Å². The van der Waals surface area contributed by atoms with Crippen LogP contribution in [0.3, 0.4) is 0 Å². The quantitative estimate of drug-likeness (QED) is 0.883. The van der Waals surface area contributed by atoms with E-state index in [1.54, 1.807) is 6.07 Å². The molecule has 2 N–H and O–H groups in total. The summed E-state index contributed by atoms with van der Waals surface area (Å²) in [5, 5.41) is 12.0. The third-order valence-corrected chi connectivity index (χ3v) is 3.19. The largest absolute Gasteiger partial charge is 0.508 e. The molecule has 3 rings (SSSR count). The molecule has 1 amide bonds. The van der Waals surface area contributed by atoms with E-state index in [9.17, 15) is 14.3 Å². The van der Waals surface area contributed by atoms with Crippen LogP contribution >= 0.6 is 0 Å². The van der Waals surface area contributed by atoms with Crippen molar-refractivity contribution in [2.24, 2.45) is 0 Å². The van der Waals surface area contributed by atoms with Gasteiger partial charge in [-0.15, -0.1) is 0 Å². The lowest BCUT2D eigenvalue weighted by Crippen LogP contribution is -2.29. The Morgan fingerprint density at radius 1 is 1.25 bits per heavy atom. The summed E-state index contributed by atoms with van der Waals surface area (Å²) in [5.74, 6) is 0.0226. The average Bonchev–Trinajstić information content (AvgIpc) is 2.82. The molecule has 0 radical (unpaired) electrons. The molecule has 1 heterocycles. The number of amides is 1. The number of carbonyl (C=O) groups excluding carboxylic acids is 1. The van der Waals surface area contributed by atoms with Crippen LogP contribution in [0.4, 0.5) is 4.39 Å². The van der Waals surface area contributed by atoms with Gasteiger partial charge in [0.05, 0.1) is 6.04 Å². The Hall–Kier alpha value is -2.56. The maximum atomic E-state index is 13.2. The Morgan fingerprint density at radius 2 is 2.00 bits per heavy atom. The molecular weight excluding hydrogens is 261 g/mol. The van der Waals surface area contributed by atoms with E-state index in [0.29, 0.717) is 16.9 Å². The highest BCUT2D eigenvalue weighted by Gasteiger charge is 2.26. The van der Waals surface area contributed by atoms with Crippen LogP contribution in [-0.2, 0) is 0 Å². The summed E-state index contributed by atoms with van der Waals surface area (Å²) in [5.41, 5.74) is 1.06. The van der Waals surface area contributed by atoms with Crippen LogP contribution in [0.1, 0.15) is 22.0 Å². The van der Waals surface area contributed by atoms with Crippen LogP contribution in [0.5, 0.6) is 11.5 Å². The second kappa shape index (κ2) is 4.85. The number of rotatable bonds is 2. The molecule has 1 atom stereocenters. The van der Waals surface area contributed by atoms with Crippen LogP contribution in [0.2, 0.25) is 0 Å². The Morgan fingerprint density at radius 3 is 2.75 bits per heavy atom. The summed E-state index contributed by atoms with van der Waals surface area (Å²) in [6, 6.07) is 9.79. The van der Waals surface area contributed by atoms with Gasteiger partial charge in [0.2, 0.25) is 0 Å². The predicted octanol–water partition coefficient (Wildman–Crippen LogP) is 2.39. The first kappa shape index (κ1) is 12.5. The number of ether oxygens (including phenoxy) is 1. The fourth-order valence-corrected chi connectivity index (χ4v) is 2.16. The number of phenolic OH excluding ortho intramolecular Hbond substituents is 1. The molecule has 5 heteroatoms. The molecule has 2 aromatic rings. The Bertz CT molecular complexity index is 655. The SMILES string of the molecule is O=C(NC1COc2ccc(F)cc21)c1ccc(O)cc1. The highest BCUT2D eigenvalue weighted by molar-refractivity contribution is 5.94. The maximum Gasteiger partial charge on any atom is 0.251 e. The van der Waals surface area contributed by atoms with Gasteiger partial charge in [0, 0.05) is 11.1 Å². The first-order valence-corrected chi connectivity index (χ1v) is 6.15. The zero-order valence-corrected chi connectivity index (χ0v) is 10.5. The number of nitrogens with one attached hydrogen (secondary N) is 1. The Labute approximate surface area is 114 Å². The molecule has 0 aromatic heterocycles. The second-order valence-corrected chi connectivity index (χ2v) is 4.57. The molecule has 0 aliphatic carbocycles. The van der Waals surface area contributed by atoms with E-state index in [2.05, 4.69) is 5.32 Å². The first-order chi connectivity index (χ1) is 9.63.